The Bertz CT molecular complexity index is 933. The highest BCUT2D eigenvalue weighted by atomic mass is 16.5. The van der Waals surface area contributed by atoms with E-state index < -0.39 is 0 Å². The molecular weight excluding hydrogens is 332 g/mol. The largest absolute Gasteiger partial charge is 0.497 e. The molecule has 0 aliphatic heterocycles. The van der Waals surface area contributed by atoms with Gasteiger partial charge in [0.05, 0.1) is 27.8 Å². The van der Waals surface area contributed by atoms with Crippen molar-refractivity contribution in [2.24, 2.45) is 0 Å². The summed E-state index contributed by atoms with van der Waals surface area (Å²) in [6.07, 6.45) is 0.101. The summed E-state index contributed by atoms with van der Waals surface area (Å²) < 4.78 is 21.2. The Balaban J connectivity index is 1.76. The third-order valence-corrected chi connectivity index (χ3v) is 4.08. The Morgan fingerprint density at radius 1 is 0.731 bits per heavy atom. The van der Waals surface area contributed by atoms with Crippen LogP contribution in [0.25, 0.3) is 10.8 Å². The first-order valence-corrected chi connectivity index (χ1v) is 8.12. The molecule has 3 aromatic rings. The summed E-state index contributed by atoms with van der Waals surface area (Å²) in [6, 6.07) is 16.6. The van der Waals surface area contributed by atoms with Crippen LogP contribution >= 0.6 is 0 Å². The van der Waals surface area contributed by atoms with Gasteiger partial charge in [0.25, 0.3) is 0 Å². The van der Waals surface area contributed by atoms with Gasteiger partial charge in [-0.15, -0.1) is 0 Å². The highest BCUT2D eigenvalue weighted by Gasteiger charge is 2.12. The van der Waals surface area contributed by atoms with Crippen LogP contribution in [0.2, 0.25) is 0 Å². The van der Waals surface area contributed by atoms with Gasteiger partial charge < -0.3 is 18.9 Å². The molecule has 0 aromatic heterocycles. The quantitative estimate of drug-likeness (QED) is 0.495. The number of fused-ring (bicyclic) bond motifs is 1. The van der Waals surface area contributed by atoms with Crippen molar-refractivity contribution in [2.75, 3.05) is 21.3 Å². The lowest BCUT2D eigenvalue weighted by Gasteiger charge is -2.11. The maximum absolute atomic E-state index is 12.3. The molecule has 0 aliphatic rings. The van der Waals surface area contributed by atoms with Crippen LogP contribution in [0.15, 0.2) is 54.6 Å². The van der Waals surface area contributed by atoms with Gasteiger partial charge in [0, 0.05) is 11.6 Å². The summed E-state index contributed by atoms with van der Waals surface area (Å²) in [4.78, 5) is 12.3. The predicted octanol–water partition coefficient (Wildman–Crippen LogP) is 4.01. The summed E-state index contributed by atoms with van der Waals surface area (Å²) >= 11 is 0. The van der Waals surface area contributed by atoms with Crippen molar-refractivity contribution in [3.63, 3.8) is 0 Å². The van der Waals surface area contributed by atoms with Crippen molar-refractivity contribution in [3.05, 3.63) is 60.2 Å². The number of benzene rings is 3. The number of carbonyl (C=O) groups is 1. The second-order valence-corrected chi connectivity index (χ2v) is 5.70. The van der Waals surface area contributed by atoms with Gasteiger partial charge in [0.15, 0.2) is 0 Å². The number of carbonyl (C=O) groups excluding carboxylic acids is 1. The first-order chi connectivity index (χ1) is 12.6. The van der Waals surface area contributed by atoms with E-state index >= 15 is 0 Å². The number of ether oxygens (including phenoxy) is 4. The minimum absolute atomic E-state index is 0.101. The van der Waals surface area contributed by atoms with Crippen molar-refractivity contribution in [1.29, 1.82) is 0 Å². The molecule has 0 atom stereocenters. The molecule has 3 aromatic carbocycles. The van der Waals surface area contributed by atoms with Crippen molar-refractivity contribution in [3.8, 4) is 23.0 Å². The molecule has 0 radical (unpaired) electrons. The molecular formula is C21H20O5. The second kappa shape index (κ2) is 7.78. The molecule has 0 saturated carbocycles. The van der Waals surface area contributed by atoms with Crippen molar-refractivity contribution in [2.45, 2.75) is 6.42 Å². The zero-order chi connectivity index (χ0) is 18.5. The van der Waals surface area contributed by atoms with Crippen molar-refractivity contribution in [1.82, 2.24) is 0 Å². The van der Waals surface area contributed by atoms with E-state index in [1.54, 1.807) is 45.6 Å². The Morgan fingerprint density at radius 3 is 2.04 bits per heavy atom. The van der Waals surface area contributed by atoms with Gasteiger partial charge in [0.1, 0.15) is 23.0 Å². The van der Waals surface area contributed by atoms with Gasteiger partial charge in [-0.1, -0.05) is 18.2 Å². The lowest BCUT2D eigenvalue weighted by molar-refractivity contribution is -0.133. The van der Waals surface area contributed by atoms with Gasteiger partial charge in [-0.3, -0.25) is 4.79 Å². The molecule has 5 heteroatoms. The topological polar surface area (TPSA) is 54.0 Å². The van der Waals surface area contributed by atoms with Gasteiger partial charge in [-0.25, -0.2) is 0 Å². The number of esters is 1. The SMILES string of the molecule is COc1ccc(CC(=O)Oc2ccc3ccc(OC)cc3c2)c(OC)c1. The van der Waals surface area contributed by atoms with Crippen LogP contribution in [0.1, 0.15) is 5.56 Å². The van der Waals surface area contributed by atoms with Gasteiger partial charge in [-0.05, 0) is 41.1 Å². The monoisotopic (exact) mass is 352 g/mol. The first kappa shape index (κ1) is 17.6. The van der Waals surface area contributed by atoms with E-state index in [9.17, 15) is 4.79 Å². The average molecular weight is 352 g/mol. The summed E-state index contributed by atoms with van der Waals surface area (Å²) in [6.45, 7) is 0. The van der Waals surface area contributed by atoms with Crippen LogP contribution in [0.4, 0.5) is 0 Å². The fraction of sp³-hybridized carbons (Fsp3) is 0.190. The molecule has 0 spiro atoms. The minimum atomic E-state index is -0.365. The molecule has 0 heterocycles. The Labute approximate surface area is 152 Å². The molecule has 0 aliphatic carbocycles. The predicted molar refractivity (Wildman–Crippen MR) is 99.4 cm³/mol. The fourth-order valence-electron chi connectivity index (χ4n) is 2.71. The number of hydrogen-bond donors (Lipinski definition) is 0. The smallest absolute Gasteiger partial charge is 0.315 e. The molecule has 0 fully saturated rings. The lowest BCUT2D eigenvalue weighted by Crippen LogP contribution is -2.12. The molecule has 5 nitrogen and oxygen atoms in total. The molecule has 3 rings (SSSR count). The zero-order valence-electron chi connectivity index (χ0n) is 14.9. The summed E-state index contributed by atoms with van der Waals surface area (Å²) in [7, 11) is 4.75. The van der Waals surface area contributed by atoms with E-state index in [1.807, 2.05) is 30.3 Å². The first-order valence-electron chi connectivity index (χ1n) is 8.12. The molecule has 0 amide bonds. The molecule has 0 N–H and O–H groups in total. The van der Waals surface area contributed by atoms with Crippen molar-refractivity contribution >= 4 is 16.7 Å². The van der Waals surface area contributed by atoms with Crippen LogP contribution in [0, 0.1) is 0 Å². The molecule has 0 unspecified atom stereocenters. The van der Waals surface area contributed by atoms with E-state index in [4.69, 9.17) is 18.9 Å². The maximum Gasteiger partial charge on any atom is 0.315 e. The summed E-state index contributed by atoms with van der Waals surface area (Å²) in [5.41, 5.74) is 0.737. The maximum atomic E-state index is 12.3. The number of methoxy groups -OCH3 is 3. The van der Waals surface area contributed by atoms with E-state index in [-0.39, 0.29) is 12.4 Å². The summed E-state index contributed by atoms with van der Waals surface area (Å²) in [5, 5.41) is 1.99. The Morgan fingerprint density at radius 2 is 1.35 bits per heavy atom. The van der Waals surface area contributed by atoms with E-state index in [0.29, 0.717) is 17.2 Å². The second-order valence-electron chi connectivity index (χ2n) is 5.70. The zero-order valence-corrected chi connectivity index (χ0v) is 14.9. The summed E-state index contributed by atoms with van der Waals surface area (Å²) in [5.74, 6) is 2.13. The van der Waals surface area contributed by atoms with E-state index in [1.165, 1.54) is 0 Å². The third kappa shape index (κ3) is 3.88. The molecule has 26 heavy (non-hydrogen) atoms. The molecule has 0 bridgehead atoms. The van der Waals surface area contributed by atoms with Crippen LogP contribution in [0.3, 0.4) is 0 Å². The lowest BCUT2D eigenvalue weighted by atomic mass is 10.1. The van der Waals surface area contributed by atoms with Crippen LogP contribution in [-0.4, -0.2) is 27.3 Å². The normalized spacial score (nSPS) is 10.4. The van der Waals surface area contributed by atoms with Crippen LogP contribution < -0.4 is 18.9 Å². The van der Waals surface area contributed by atoms with E-state index in [2.05, 4.69) is 0 Å². The molecule has 134 valence electrons. The highest BCUT2D eigenvalue weighted by molar-refractivity contribution is 5.86. The highest BCUT2D eigenvalue weighted by Crippen LogP contribution is 2.27. The fourth-order valence-corrected chi connectivity index (χ4v) is 2.71. The van der Waals surface area contributed by atoms with Gasteiger partial charge in [0.2, 0.25) is 0 Å². The Hall–Kier alpha value is -3.21. The minimum Gasteiger partial charge on any atom is -0.497 e. The van der Waals surface area contributed by atoms with Gasteiger partial charge in [-0.2, -0.15) is 0 Å². The van der Waals surface area contributed by atoms with Crippen LogP contribution in [-0.2, 0) is 11.2 Å². The number of rotatable bonds is 6. The number of hydrogen-bond acceptors (Lipinski definition) is 5. The third-order valence-electron chi connectivity index (χ3n) is 4.08. The Kier molecular flexibility index (Phi) is 5.27. The average Bonchev–Trinajstić information content (AvgIpc) is 2.67. The van der Waals surface area contributed by atoms with Crippen LogP contribution in [0.5, 0.6) is 23.0 Å². The van der Waals surface area contributed by atoms with Gasteiger partial charge >= 0.3 is 5.97 Å². The van der Waals surface area contributed by atoms with Crippen molar-refractivity contribution < 1.29 is 23.7 Å². The van der Waals surface area contributed by atoms with E-state index in [0.717, 1.165) is 22.1 Å². The standard InChI is InChI=1S/C21H20O5/c1-23-17-7-4-14-5-9-19(11-16(14)10-17)26-21(22)12-15-6-8-18(24-2)13-20(15)25-3/h4-11,13H,12H2,1-3H3. The molecule has 0 saturated heterocycles.